The number of aliphatic imine (C=N–C) groups is 1. The van der Waals surface area contributed by atoms with Gasteiger partial charge in [-0.2, -0.15) is 0 Å². The highest BCUT2D eigenvalue weighted by atomic mass is 14.7. The average molecular weight is 249 g/mol. The molecule has 0 aliphatic carbocycles. The molecule has 0 bridgehead atoms. The van der Waals surface area contributed by atoms with Crippen LogP contribution in [0, 0.1) is 0 Å². The van der Waals surface area contributed by atoms with Gasteiger partial charge in [-0.1, -0.05) is 54.6 Å². The van der Waals surface area contributed by atoms with Crippen molar-refractivity contribution in [3.8, 4) is 11.1 Å². The molecule has 0 saturated heterocycles. The highest BCUT2D eigenvalue weighted by Gasteiger charge is 2.01. The molecule has 1 heteroatoms. The zero-order valence-corrected chi connectivity index (χ0v) is 11.5. The molecule has 0 aromatic heterocycles. The predicted octanol–water partition coefficient (Wildman–Crippen LogP) is 4.85. The van der Waals surface area contributed by atoms with Crippen LogP contribution in [0.2, 0.25) is 0 Å². The third kappa shape index (κ3) is 3.41. The number of hydrogen-bond acceptors (Lipinski definition) is 1. The van der Waals surface area contributed by atoms with Gasteiger partial charge in [-0.3, -0.25) is 4.99 Å². The number of nitrogens with zero attached hydrogens (tertiary/aromatic N) is 1. The molecule has 0 spiro atoms. The third-order valence-corrected chi connectivity index (χ3v) is 3.03. The normalized spacial score (nSPS) is 12.0. The van der Waals surface area contributed by atoms with Crippen molar-refractivity contribution in [3.63, 3.8) is 0 Å². The van der Waals surface area contributed by atoms with E-state index >= 15 is 0 Å². The maximum Gasteiger partial charge on any atom is 0.0361 e. The van der Waals surface area contributed by atoms with Crippen LogP contribution in [0.1, 0.15) is 19.4 Å². The van der Waals surface area contributed by atoms with Crippen molar-refractivity contribution in [1.82, 2.24) is 0 Å². The van der Waals surface area contributed by atoms with E-state index in [4.69, 9.17) is 0 Å². The number of hydrogen-bond donors (Lipinski definition) is 0. The van der Waals surface area contributed by atoms with E-state index in [1.165, 1.54) is 22.3 Å². The lowest BCUT2D eigenvalue weighted by atomic mass is 9.99. The van der Waals surface area contributed by atoms with E-state index in [0.29, 0.717) is 0 Å². The molecule has 0 radical (unpaired) electrons. The van der Waals surface area contributed by atoms with Gasteiger partial charge in [0.1, 0.15) is 0 Å². The molecule has 0 unspecified atom stereocenters. The second-order valence-corrected chi connectivity index (χ2v) is 4.32. The molecular formula is C18H19N. The molecule has 0 aliphatic rings. The van der Waals surface area contributed by atoms with Crippen molar-refractivity contribution in [2.24, 2.45) is 4.99 Å². The summed E-state index contributed by atoms with van der Waals surface area (Å²) in [7, 11) is 0. The average Bonchev–Trinajstić information content (AvgIpc) is 2.49. The van der Waals surface area contributed by atoms with Crippen LogP contribution >= 0.6 is 0 Å². The Morgan fingerprint density at radius 2 is 1.74 bits per heavy atom. The maximum absolute atomic E-state index is 4.33. The smallest absolute Gasteiger partial charge is 0.0361 e. The number of rotatable bonds is 4. The lowest BCUT2D eigenvalue weighted by Crippen LogP contribution is -1.88. The van der Waals surface area contributed by atoms with Crippen LogP contribution in [0.15, 0.2) is 65.7 Å². The third-order valence-electron chi connectivity index (χ3n) is 3.03. The van der Waals surface area contributed by atoms with Crippen LogP contribution in [0.25, 0.3) is 16.7 Å². The van der Waals surface area contributed by atoms with Crippen molar-refractivity contribution in [3.05, 3.63) is 66.2 Å². The van der Waals surface area contributed by atoms with Crippen molar-refractivity contribution in [2.45, 2.75) is 13.8 Å². The molecule has 0 fully saturated rings. The van der Waals surface area contributed by atoms with Crippen LogP contribution in [0.5, 0.6) is 0 Å². The van der Waals surface area contributed by atoms with Crippen molar-refractivity contribution >= 4 is 11.8 Å². The fourth-order valence-corrected chi connectivity index (χ4v) is 2.01. The summed E-state index contributed by atoms with van der Waals surface area (Å²) in [6.07, 6.45) is 4.05. The van der Waals surface area contributed by atoms with E-state index < -0.39 is 0 Å². The number of allylic oxidation sites excluding steroid dienone is 2. The van der Waals surface area contributed by atoms with Gasteiger partial charge in [0.05, 0.1) is 0 Å². The molecule has 1 nitrogen and oxygen atoms in total. The van der Waals surface area contributed by atoms with Crippen LogP contribution in [0.3, 0.4) is 0 Å². The first-order valence-electron chi connectivity index (χ1n) is 6.67. The molecule has 0 amide bonds. The zero-order chi connectivity index (χ0) is 13.5. The van der Waals surface area contributed by atoms with Crippen molar-refractivity contribution in [1.29, 1.82) is 0 Å². The van der Waals surface area contributed by atoms with Crippen molar-refractivity contribution < 1.29 is 0 Å². The second-order valence-electron chi connectivity index (χ2n) is 4.32. The topological polar surface area (TPSA) is 12.4 Å². The molecule has 2 aromatic rings. The quantitative estimate of drug-likeness (QED) is 0.687. The molecular weight excluding hydrogens is 230 g/mol. The van der Waals surface area contributed by atoms with E-state index in [1.54, 1.807) is 0 Å². The van der Waals surface area contributed by atoms with Gasteiger partial charge in [0, 0.05) is 12.8 Å². The summed E-state index contributed by atoms with van der Waals surface area (Å²) < 4.78 is 0. The summed E-state index contributed by atoms with van der Waals surface area (Å²) >= 11 is 0. The first-order chi connectivity index (χ1) is 9.35. The Hall–Kier alpha value is -2.15. The first kappa shape index (κ1) is 13.3. The SMILES string of the molecule is C/C=C(\C=NCC)c1cccc(-c2ccccc2)c1. The summed E-state index contributed by atoms with van der Waals surface area (Å²) in [6.45, 7) is 4.91. The van der Waals surface area contributed by atoms with E-state index in [-0.39, 0.29) is 0 Å². The molecule has 0 atom stereocenters. The molecule has 2 aromatic carbocycles. The summed E-state index contributed by atoms with van der Waals surface area (Å²) in [5, 5.41) is 0. The van der Waals surface area contributed by atoms with Gasteiger partial charge in [0.25, 0.3) is 0 Å². The summed E-state index contributed by atoms with van der Waals surface area (Å²) in [5.74, 6) is 0. The molecule has 2 rings (SSSR count). The molecule has 0 heterocycles. The maximum atomic E-state index is 4.33. The van der Waals surface area contributed by atoms with Crippen LogP contribution in [-0.2, 0) is 0 Å². The minimum atomic E-state index is 0.815. The summed E-state index contributed by atoms with van der Waals surface area (Å²) in [4.78, 5) is 4.33. The van der Waals surface area contributed by atoms with Crippen LogP contribution < -0.4 is 0 Å². The lowest BCUT2D eigenvalue weighted by molar-refractivity contribution is 1.14. The highest BCUT2D eigenvalue weighted by molar-refractivity contribution is 6.10. The largest absolute Gasteiger partial charge is 0.293 e. The van der Waals surface area contributed by atoms with E-state index in [2.05, 4.69) is 59.6 Å². The Labute approximate surface area is 115 Å². The Bertz CT molecular complexity index is 580. The minimum absolute atomic E-state index is 0.815. The Morgan fingerprint density at radius 1 is 1.00 bits per heavy atom. The molecule has 0 aliphatic heterocycles. The zero-order valence-electron chi connectivity index (χ0n) is 11.5. The van der Waals surface area contributed by atoms with E-state index in [0.717, 1.165) is 6.54 Å². The van der Waals surface area contributed by atoms with E-state index in [1.807, 2.05) is 26.1 Å². The monoisotopic (exact) mass is 249 g/mol. The first-order valence-corrected chi connectivity index (χ1v) is 6.67. The van der Waals surface area contributed by atoms with Gasteiger partial charge < -0.3 is 0 Å². The molecule has 0 N–H and O–H groups in total. The van der Waals surface area contributed by atoms with E-state index in [9.17, 15) is 0 Å². The second kappa shape index (κ2) is 6.69. The minimum Gasteiger partial charge on any atom is -0.293 e. The molecule has 96 valence electrons. The summed E-state index contributed by atoms with van der Waals surface area (Å²) in [5.41, 5.74) is 4.86. The van der Waals surface area contributed by atoms with Gasteiger partial charge in [0.2, 0.25) is 0 Å². The van der Waals surface area contributed by atoms with Gasteiger partial charge >= 0.3 is 0 Å². The standard InChI is InChI=1S/C18H19N/c1-3-15(14-19-4-2)17-11-8-12-18(13-17)16-9-6-5-7-10-16/h3,5-14H,4H2,1-2H3/b15-3+,19-14?. The highest BCUT2D eigenvalue weighted by Crippen LogP contribution is 2.23. The Balaban J connectivity index is 2.37. The van der Waals surface area contributed by atoms with Crippen LogP contribution in [-0.4, -0.2) is 12.8 Å². The van der Waals surface area contributed by atoms with Gasteiger partial charge in [-0.05, 0) is 42.2 Å². The Morgan fingerprint density at radius 3 is 2.42 bits per heavy atom. The summed E-state index contributed by atoms with van der Waals surface area (Å²) in [6, 6.07) is 19.0. The van der Waals surface area contributed by atoms with Crippen molar-refractivity contribution in [2.75, 3.05) is 6.54 Å². The van der Waals surface area contributed by atoms with Crippen LogP contribution in [0.4, 0.5) is 0 Å². The lowest BCUT2D eigenvalue weighted by Gasteiger charge is -2.06. The van der Waals surface area contributed by atoms with Gasteiger partial charge in [-0.25, -0.2) is 0 Å². The fraction of sp³-hybridized carbons (Fsp3) is 0.167. The number of benzene rings is 2. The fourth-order valence-electron chi connectivity index (χ4n) is 2.01. The molecule has 19 heavy (non-hydrogen) atoms. The predicted molar refractivity (Wildman–Crippen MR) is 84.6 cm³/mol. The van der Waals surface area contributed by atoms with Gasteiger partial charge in [0.15, 0.2) is 0 Å². The Kier molecular flexibility index (Phi) is 4.68. The molecule has 0 saturated carbocycles. The van der Waals surface area contributed by atoms with Gasteiger partial charge in [-0.15, -0.1) is 0 Å².